The molecule has 0 saturated carbocycles. The average molecular weight is 337 g/mol. The largest absolute Gasteiger partial charge is 0.354 e. The Morgan fingerprint density at radius 1 is 1.24 bits per heavy atom. The number of rotatable bonds is 2. The van der Waals surface area contributed by atoms with Gasteiger partial charge in [-0.2, -0.15) is 5.10 Å². The minimum atomic E-state index is 0.0696. The highest BCUT2D eigenvalue weighted by Gasteiger charge is 2.25. The second kappa shape index (κ2) is 6.12. The number of hydrogen-bond acceptors (Lipinski definition) is 6. The van der Waals surface area contributed by atoms with Crippen LogP contribution in [0.1, 0.15) is 13.3 Å². The molecule has 0 spiro atoms. The number of fused-ring (bicyclic) bond motifs is 1. The van der Waals surface area contributed by atoms with Gasteiger partial charge in [0.2, 0.25) is 5.91 Å². The Morgan fingerprint density at radius 2 is 2.04 bits per heavy atom. The lowest BCUT2D eigenvalue weighted by atomic mass is 10.2. The molecule has 8 nitrogen and oxygen atoms in total. The molecule has 3 aromatic heterocycles. The molecule has 1 unspecified atom stereocenters. The minimum absolute atomic E-state index is 0.0696. The second-order valence-electron chi connectivity index (χ2n) is 6.21. The maximum absolute atomic E-state index is 11.8. The van der Waals surface area contributed by atoms with Crippen LogP contribution in [0.3, 0.4) is 0 Å². The number of anilines is 1. The van der Waals surface area contributed by atoms with Gasteiger partial charge in [0.1, 0.15) is 5.82 Å². The average Bonchev–Trinajstić information content (AvgIpc) is 2.92. The first-order valence-electron chi connectivity index (χ1n) is 8.27. The Morgan fingerprint density at radius 3 is 2.84 bits per heavy atom. The molecule has 1 N–H and O–H groups in total. The van der Waals surface area contributed by atoms with Crippen molar-refractivity contribution in [3.8, 4) is 11.4 Å². The summed E-state index contributed by atoms with van der Waals surface area (Å²) in [7, 11) is 1.87. The van der Waals surface area contributed by atoms with E-state index >= 15 is 0 Å². The molecule has 0 radical (unpaired) electrons. The summed E-state index contributed by atoms with van der Waals surface area (Å²) < 4.78 is 1.75. The number of pyridine rings is 1. The van der Waals surface area contributed by atoms with Crippen LogP contribution in [-0.4, -0.2) is 49.8 Å². The molecule has 1 aliphatic heterocycles. The van der Waals surface area contributed by atoms with Crippen molar-refractivity contribution in [3.05, 3.63) is 30.7 Å². The van der Waals surface area contributed by atoms with Gasteiger partial charge in [0.05, 0.1) is 11.6 Å². The van der Waals surface area contributed by atoms with Crippen molar-refractivity contribution in [1.82, 2.24) is 30.0 Å². The molecule has 1 saturated heterocycles. The Hall–Kier alpha value is -3.03. The first-order chi connectivity index (χ1) is 12.1. The van der Waals surface area contributed by atoms with E-state index in [4.69, 9.17) is 4.98 Å². The fourth-order valence-electron chi connectivity index (χ4n) is 3.07. The van der Waals surface area contributed by atoms with E-state index in [1.165, 1.54) is 0 Å². The van der Waals surface area contributed by atoms with Crippen LogP contribution in [-0.2, 0) is 11.8 Å². The topological polar surface area (TPSA) is 88.8 Å². The van der Waals surface area contributed by atoms with Gasteiger partial charge >= 0.3 is 0 Å². The van der Waals surface area contributed by atoms with Gasteiger partial charge in [-0.15, -0.1) is 0 Å². The van der Waals surface area contributed by atoms with Crippen molar-refractivity contribution < 1.29 is 4.79 Å². The third kappa shape index (κ3) is 2.79. The van der Waals surface area contributed by atoms with Gasteiger partial charge < -0.3 is 10.2 Å². The van der Waals surface area contributed by atoms with Crippen LogP contribution in [0.5, 0.6) is 0 Å². The fraction of sp³-hybridized carbons (Fsp3) is 0.353. The molecule has 25 heavy (non-hydrogen) atoms. The summed E-state index contributed by atoms with van der Waals surface area (Å²) in [6.45, 7) is 3.29. The van der Waals surface area contributed by atoms with Crippen LogP contribution in [0.25, 0.3) is 22.4 Å². The second-order valence-corrected chi connectivity index (χ2v) is 6.21. The lowest BCUT2D eigenvalue weighted by Crippen LogP contribution is -2.38. The quantitative estimate of drug-likeness (QED) is 0.754. The number of hydrogen-bond donors (Lipinski definition) is 1. The van der Waals surface area contributed by atoms with Gasteiger partial charge in [0, 0.05) is 50.6 Å². The highest BCUT2D eigenvalue weighted by molar-refractivity contribution is 5.89. The molecule has 3 aromatic rings. The maximum Gasteiger partial charge on any atom is 0.221 e. The minimum Gasteiger partial charge on any atom is -0.354 e. The van der Waals surface area contributed by atoms with Crippen molar-refractivity contribution in [2.75, 3.05) is 18.0 Å². The Kier molecular flexibility index (Phi) is 3.79. The van der Waals surface area contributed by atoms with Crippen LogP contribution in [0, 0.1) is 0 Å². The Bertz CT molecular complexity index is 921. The summed E-state index contributed by atoms with van der Waals surface area (Å²) in [5.74, 6) is 1.51. The van der Waals surface area contributed by atoms with Gasteiger partial charge in [0.25, 0.3) is 0 Å². The summed E-state index contributed by atoms with van der Waals surface area (Å²) in [5.41, 5.74) is 1.67. The molecule has 4 rings (SSSR count). The third-order valence-corrected chi connectivity index (χ3v) is 4.49. The zero-order valence-corrected chi connectivity index (χ0v) is 14.2. The van der Waals surface area contributed by atoms with E-state index in [-0.39, 0.29) is 11.9 Å². The summed E-state index contributed by atoms with van der Waals surface area (Å²) in [5, 5.41) is 8.17. The molecule has 0 bridgehead atoms. The van der Waals surface area contributed by atoms with Crippen LogP contribution in [0.2, 0.25) is 0 Å². The predicted octanol–water partition coefficient (Wildman–Crippen LogP) is 1.14. The van der Waals surface area contributed by atoms with Crippen molar-refractivity contribution in [2.24, 2.45) is 7.05 Å². The monoisotopic (exact) mass is 337 g/mol. The lowest BCUT2D eigenvalue weighted by Gasteiger charge is -2.28. The molecule has 8 heteroatoms. The molecule has 1 amide bonds. The SMILES string of the molecule is CC1CNC(=O)CCN1c1nc(-c2ccncc2)nc2c1cnn2C. The summed E-state index contributed by atoms with van der Waals surface area (Å²) >= 11 is 0. The Labute approximate surface area is 144 Å². The number of nitrogens with one attached hydrogen (secondary N) is 1. The predicted molar refractivity (Wildman–Crippen MR) is 94.0 cm³/mol. The normalized spacial score (nSPS) is 18.2. The number of nitrogens with zero attached hydrogens (tertiary/aromatic N) is 6. The number of carbonyl (C=O) groups excluding carboxylic acids is 1. The van der Waals surface area contributed by atoms with E-state index in [0.29, 0.717) is 25.3 Å². The van der Waals surface area contributed by atoms with Crippen LogP contribution in [0.15, 0.2) is 30.7 Å². The van der Waals surface area contributed by atoms with Crippen LogP contribution >= 0.6 is 0 Å². The number of carbonyl (C=O) groups is 1. The van der Waals surface area contributed by atoms with Crippen molar-refractivity contribution in [3.63, 3.8) is 0 Å². The number of aryl methyl sites for hydroxylation is 1. The molecule has 0 aliphatic carbocycles. The first kappa shape index (κ1) is 15.5. The zero-order chi connectivity index (χ0) is 17.4. The first-order valence-corrected chi connectivity index (χ1v) is 8.27. The van der Waals surface area contributed by atoms with Crippen molar-refractivity contribution >= 4 is 22.8 Å². The van der Waals surface area contributed by atoms with E-state index in [1.54, 1.807) is 23.3 Å². The Balaban J connectivity index is 1.88. The maximum atomic E-state index is 11.8. The smallest absolute Gasteiger partial charge is 0.221 e. The van der Waals surface area contributed by atoms with E-state index < -0.39 is 0 Å². The molecular weight excluding hydrogens is 318 g/mol. The van der Waals surface area contributed by atoms with E-state index in [0.717, 1.165) is 22.4 Å². The van der Waals surface area contributed by atoms with E-state index in [9.17, 15) is 4.79 Å². The molecule has 128 valence electrons. The molecular formula is C17H19N7O. The van der Waals surface area contributed by atoms with Crippen LogP contribution < -0.4 is 10.2 Å². The highest BCUT2D eigenvalue weighted by Crippen LogP contribution is 2.28. The number of amides is 1. The zero-order valence-electron chi connectivity index (χ0n) is 14.2. The summed E-state index contributed by atoms with van der Waals surface area (Å²) in [6, 6.07) is 3.91. The highest BCUT2D eigenvalue weighted by atomic mass is 16.1. The van der Waals surface area contributed by atoms with Crippen molar-refractivity contribution in [1.29, 1.82) is 0 Å². The van der Waals surface area contributed by atoms with E-state index in [1.807, 2.05) is 19.2 Å². The lowest BCUT2D eigenvalue weighted by molar-refractivity contribution is -0.120. The summed E-state index contributed by atoms with van der Waals surface area (Å²) in [4.78, 5) is 27.5. The van der Waals surface area contributed by atoms with Gasteiger partial charge in [0.15, 0.2) is 11.5 Å². The van der Waals surface area contributed by atoms with Gasteiger partial charge in [-0.25, -0.2) is 9.97 Å². The molecule has 4 heterocycles. The number of aromatic nitrogens is 5. The standard InChI is InChI=1S/C17H19N7O/c1-11-9-19-14(25)5-8-24(11)17-13-10-20-23(2)16(13)21-15(22-17)12-3-6-18-7-4-12/h3-4,6-7,10-11H,5,8-9H2,1-2H3,(H,19,25). The third-order valence-electron chi connectivity index (χ3n) is 4.49. The van der Waals surface area contributed by atoms with Crippen molar-refractivity contribution in [2.45, 2.75) is 19.4 Å². The fourth-order valence-corrected chi connectivity index (χ4v) is 3.07. The molecule has 1 aliphatic rings. The van der Waals surface area contributed by atoms with E-state index in [2.05, 4.69) is 32.2 Å². The summed E-state index contributed by atoms with van der Waals surface area (Å²) in [6.07, 6.45) is 5.68. The van der Waals surface area contributed by atoms with Gasteiger partial charge in [-0.05, 0) is 19.1 Å². The van der Waals surface area contributed by atoms with Crippen LogP contribution in [0.4, 0.5) is 5.82 Å². The molecule has 0 aromatic carbocycles. The molecule has 1 fully saturated rings. The molecule has 1 atom stereocenters. The van der Waals surface area contributed by atoms with Gasteiger partial charge in [-0.3, -0.25) is 14.5 Å². The van der Waals surface area contributed by atoms with Gasteiger partial charge in [-0.1, -0.05) is 0 Å².